The van der Waals surface area contributed by atoms with Crippen LogP contribution in [0.2, 0.25) is 0 Å². The van der Waals surface area contributed by atoms with Gasteiger partial charge in [0.15, 0.2) is 10.2 Å². The van der Waals surface area contributed by atoms with Crippen LogP contribution in [0.5, 0.6) is 0 Å². The molecule has 0 saturated carbocycles. The Morgan fingerprint density at radius 2 is 1.00 bits per heavy atom. The van der Waals surface area contributed by atoms with Crippen molar-refractivity contribution in [3.63, 3.8) is 0 Å². The molecule has 0 radical (unpaired) electrons. The normalized spacial score (nSPS) is 14.0. The van der Waals surface area contributed by atoms with Crippen LogP contribution >= 0.6 is 0 Å². The molecule has 28 heavy (non-hydrogen) atoms. The first-order valence-corrected chi connectivity index (χ1v) is 7.64. The maximum Gasteiger partial charge on any atom is 0.406 e. The van der Waals surface area contributed by atoms with E-state index < -0.39 is 0 Å². The highest BCUT2D eigenvalue weighted by Crippen LogP contribution is 1.97. The van der Waals surface area contributed by atoms with E-state index in [-0.39, 0.29) is 17.9 Å². The predicted octanol–water partition coefficient (Wildman–Crippen LogP) is -1.37. The van der Waals surface area contributed by atoms with Crippen molar-refractivity contribution in [1.29, 1.82) is 5.41 Å². The van der Waals surface area contributed by atoms with Gasteiger partial charge in [0.1, 0.15) is 0 Å². The van der Waals surface area contributed by atoms with Crippen molar-refractivity contribution >= 4 is 40.7 Å². The van der Waals surface area contributed by atoms with Gasteiger partial charge in [0.25, 0.3) is 0 Å². The molecule has 13 nitrogen and oxygen atoms in total. The minimum absolute atomic E-state index is 0.139. The predicted molar refractivity (Wildman–Crippen MR) is 106 cm³/mol. The summed E-state index contributed by atoms with van der Waals surface area (Å²) in [6.45, 7) is 0. The van der Waals surface area contributed by atoms with Crippen molar-refractivity contribution in [1.82, 2.24) is 0 Å². The fraction of sp³-hybridized carbons (Fsp3) is 0. The summed E-state index contributed by atoms with van der Waals surface area (Å²) in [7, 11) is 0. The summed E-state index contributed by atoms with van der Waals surface area (Å²) in [5.41, 5.74) is 22.8. The standard InChI is InChI=1S/C15H15N13/c16-13(17)25-21-9-1-5-11(6-2-9)23-27-15(20)28-24-12-7-3-10(4-8-12)22-26-14(18)19/h1-8,20H,(H6,16,17,18,19)/p+2. The van der Waals surface area contributed by atoms with Crippen molar-refractivity contribution in [2.75, 3.05) is 0 Å². The summed E-state index contributed by atoms with van der Waals surface area (Å²) in [5.74, 6) is -0.649. The molecule has 13 heteroatoms. The van der Waals surface area contributed by atoms with Gasteiger partial charge < -0.3 is 22.9 Å². The average Bonchev–Trinajstić information content (AvgIpc) is 2.69. The fourth-order valence-corrected chi connectivity index (χ4v) is 1.63. The largest absolute Gasteiger partial charge is 0.406 e. The summed E-state index contributed by atoms with van der Waals surface area (Å²) < 4.78 is 0. The van der Waals surface area contributed by atoms with Crippen LogP contribution in [-0.4, -0.2) is 50.3 Å². The van der Waals surface area contributed by atoms with Gasteiger partial charge in [-0.3, -0.25) is 5.41 Å². The van der Waals surface area contributed by atoms with E-state index >= 15 is 0 Å². The van der Waals surface area contributed by atoms with Crippen LogP contribution < -0.4 is 22.9 Å². The third-order valence-corrected chi connectivity index (χ3v) is 2.78. The second kappa shape index (κ2) is 9.68. The molecule has 0 aliphatic heterocycles. The van der Waals surface area contributed by atoms with E-state index in [0.717, 1.165) is 0 Å². The molecule has 2 aliphatic carbocycles. The highest BCUT2D eigenvalue weighted by molar-refractivity contribution is 6.17. The molecule has 0 unspecified atom stereocenters. The Kier molecular flexibility index (Phi) is 6.77. The summed E-state index contributed by atoms with van der Waals surface area (Å²) in [5, 5.41) is 29.6. The molecular weight excluding hydrogens is 362 g/mol. The zero-order valence-electron chi connectivity index (χ0n) is 14.5. The third kappa shape index (κ3) is 7.03. The second-order valence-electron chi connectivity index (χ2n) is 5.01. The molecule has 0 aromatic heterocycles. The zero-order valence-corrected chi connectivity index (χ0v) is 14.5. The van der Waals surface area contributed by atoms with Gasteiger partial charge in [0.05, 0.1) is 21.0 Å². The van der Waals surface area contributed by atoms with Crippen LogP contribution in [0.4, 0.5) is 0 Å². The van der Waals surface area contributed by atoms with Gasteiger partial charge in [-0.05, 0) is 24.3 Å². The van der Waals surface area contributed by atoms with Gasteiger partial charge in [0.2, 0.25) is 11.9 Å². The Hall–Kier alpha value is -4.73. The summed E-state index contributed by atoms with van der Waals surface area (Å²) >= 11 is 0. The zero-order chi connectivity index (χ0) is 20.4. The Balaban J connectivity index is 2.03. The lowest BCUT2D eigenvalue weighted by atomic mass is 10.1. The average molecular weight is 379 g/mol. The molecule has 0 aromatic rings. The van der Waals surface area contributed by atoms with Gasteiger partial charge in [-0.15, -0.1) is 20.4 Å². The lowest BCUT2D eigenvalue weighted by Crippen LogP contribution is -2.22. The van der Waals surface area contributed by atoms with Gasteiger partial charge in [0, 0.05) is 24.3 Å². The maximum absolute atomic E-state index is 7.65. The summed E-state index contributed by atoms with van der Waals surface area (Å²) in [4.78, 5) is 7.75. The molecule has 0 amide bonds. The molecule has 0 saturated heterocycles. The van der Waals surface area contributed by atoms with Crippen LogP contribution in [0.1, 0.15) is 0 Å². The number of nitrogens with two attached hydrogens (primary N) is 4. The van der Waals surface area contributed by atoms with Crippen molar-refractivity contribution in [2.45, 2.75) is 0 Å². The molecule has 0 atom stereocenters. The molecule has 0 aromatic carbocycles. The van der Waals surface area contributed by atoms with Crippen molar-refractivity contribution < 1.29 is 9.58 Å². The Labute approximate surface area is 158 Å². The minimum atomic E-state index is -0.372. The first-order chi connectivity index (χ1) is 13.4. The van der Waals surface area contributed by atoms with E-state index in [1.807, 2.05) is 0 Å². The van der Waals surface area contributed by atoms with Crippen LogP contribution in [0.25, 0.3) is 0 Å². The van der Waals surface area contributed by atoms with E-state index in [1.54, 1.807) is 48.6 Å². The lowest BCUT2D eigenvalue weighted by Gasteiger charge is -1.92. The number of hydrogen-bond acceptors (Lipinski definition) is 5. The van der Waals surface area contributed by atoms with Crippen LogP contribution in [0.3, 0.4) is 0 Å². The lowest BCUT2D eigenvalue weighted by molar-refractivity contribution is -0.0876. The molecule has 0 spiro atoms. The molecule has 9 N–H and O–H groups in total. The monoisotopic (exact) mass is 379 g/mol. The fourth-order valence-electron chi connectivity index (χ4n) is 1.63. The maximum atomic E-state index is 7.65. The van der Waals surface area contributed by atoms with Crippen LogP contribution in [0.15, 0.2) is 79.2 Å². The van der Waals surface area contributed by atoms with Crippen LogP contribution in [0, 0.1) is 5.41 Å². The van der Waals surface area contributed by atoms with Gasteiger partial charge in [-0.25, -0.2) is 0 Å². The van der Waals surface area contributed by atoms with Crippen molar-refractivity contribution in [3.8, 4) is 0 Å². The molecular formula is C15H17N13+2. The summed E-state index contributed by atoms with van der Waals surface area (Å²) in [6.07, 6.45) is 13.1. The Morgan fingerprint density at radius 3 is 1.32 bits per heavy atom. The number of allylic oxidation sites excluding steroid dienone is 8. The smallest absolute Gasteiger partial charge is 0.369 e. The minimum Gasteiger partial charge on any atom is -0.369 e. The highest BCUT2D eigenvalue weighted by Gasteiger charge is 2.11. The van der Waals surface area contributed by atoms with E-state index in [0.29, 0.717) is 22.8 Å². The topological polar surface area (TPSA) is 230 Å². The number of rotatable bonds is 2. The number of nitrogens with zero attached hydrogens (tertiary/aromatic N) is 8. The van der Waals surface area contributed by atoms with Gasteiger partial charge >= 0.3 is 17.4 Å². The Morgan fingerprint density at radius 1 is 0.643 bits per heavy atom. The molecule has 2 rings (SSSR count). The third-order valence-electron chi connectivity index (χ3n) is 2.78. The number of guanidine groups is 3. The number of nitrogens with one attached hydrogen (secondary N) is 1. The quantitative estimate of drug-likeness (QED) is 0.0975. The first kappa shape index (κ1) is 19.6. The van der Waals surface area contributed by atoms with E-state index in [2.05, 4.69) is 40.2 Å². The second-order valence-corrected chi connectivity index (χ2v) is 5.01. The molecule has 140 valence electrons. The van der Waals surface area contributed by atoms with E-state index in [1.165, 1.54) is 0 Å². The van der Waals surface area contributed by atoms with Crippen molar-refractivity contribution in [2.24, 2.45) is 53.6 Å². The van der Waals surface area contributed by atoms with Gasteiger partial charge in [-0.1, -0.05) is 0 Å². The Bertz CT molecular complexity index is 904. The van der Waals surface area contributed by atoms with E-state index in [4.69, 9.17) is 28.3 Å². The summed E-state index contributed by atoms with van der Waals surface area (Å²) in [6, 6.07) is 0. The molecule has 0 bridgehead atoms. The van der Waals surface area contributed by atoms with Crippen LogP contribution in [-0.2, 0) is 0 Å². The van der Waals surface area contributed by atoms with E-state index in [9.17, 15) is 0 Å². The molecule has 2 aliphatic rings. The first-order valence-electron chi connectivity index (χ1n) is 7.64. The molecule has 0 fully saturated rings. The number of hydrogen-bond donors (Lipinski definition) is 5. The van der Waals surface area contributed by atoms with Crippen molar-refractivity contribution in [3.05, 3.63) is 48.6 Å². The highest BCUT2D eigenvalue weighted by atomic mass is 15.3. The SMILES string of the molecule is N=C(N=[N+]=C1C=CC(=NN=C(N)N)C=C1)N=[N+]=C1C=CC(=NN=C(N)N)C=C1. The molecule has 0 heterocycles. The van der Waals surface area contributed by atoms with Gasteiger partial charge in [-0.2, -0.15) is 0 Å².